The minimum atomic E-state index is -0.330. The zero-order chi connectivity index (χ0) is 17.6. The Bertz CT molecular complexity index is 607. The van der Waals surface area contributed by atoms with Crippen LogP contribution in [0.1, 0.15) is 5.69 Å². The van der Waals surface area contributed by atoms with Gasteiger partial charge in [-0.15, -0.1) is 0 Å². The molecule has 0 atom stereocenters. The minimum absolute atomic E-state index is 0.0844. The Labute approximate surface area is 145 Å². The first-order valence-electron chi connectivity index (χ1n) is 8.33. The molecule has 136 valence electrons. The molecular formula is C15H23N7O3. The predicted octanol–water partition coefficient (Wildman–Crippen LogP) is -1.08. The molecular weight excluding hydrogens is 326 g/mol. The van der Waals surface area contributed by atoms with E-state index in [0.717, 1.165) is 44.4 Å². The predicted molar refractivity (Wildman–Crippen MR) is 89.8 cm³/mol. The number of rotatable bonds is 5. The smallest absolute Gasteiger partial charge is 0.324 e. The van der Waals surface area contributed by atoms with Crippen LogP contribution in [0.15, 0.2) is 21.8 Å². The molecule has 2 saturated heterocycles. The molecule has 0 spiro atoms. The van der Waals surface area contributed by atoms with Gasteiger partial charge in [-0.3, -0.25) is 19.6 Å². The highest BCUT2D eigenvalue weighted by atomic mass is 16.5. The number of hydrogen-bond acceptors (Lipinski definition) is 6. The van der Waals surface area contributed by atoms with Gasteiger partial charge in [0.1, 0.15) is 6.26 Å². The molecule has 10 nitrogen and oxygen atoms in total. The molecule has 3 rings (SSSR count). The Morgan fingerprint density at radius 3 is 2.76 bits per heavy atom. The van der Waals surface area contributed by atoms with E-state index in [4.69, 9.17) is 4.52 Å². The van der Waals surface area contributed by atoms with Crippen molar-refractivity contribution in [3.8, 4) is 0 Å². The number of hydrogen-bond donors (Lipinski definition) is 2. The molecule has 3 amide bonds. The van der Waals surface area contributed by atoms with E-state index in [1.165, 1.54) is 4.90 Å². The van der Waals surface area contributed by atoms with Gasteiger partial charge in [0, 0.05) is 58.9 Å². The molecule has 2 aliphatic heterocycles. The molecule has 0 bridgehead atoms. The van der Waals surface area contributed by atoms with Crippen LogP contribution in [0.4, 0.5) is 4.79 Å². The topological polar surface area (TPSA) is 106 Å². The van der Waals surface area contributed by atoms with E-state index in [1.807, 2.05) is 6.07 Å². The van der Waals surface area contributed by atoms with Crippen molar-refractivity contribution < 1.29 is 14.1 Å². The lowest BCUT2D eigenvalue weighted by atomic mass is 10.3. The molecule has 2 N–H and O–H groups in total. The fourth-order valence-electron chi connectivity index (χ4n) is 2.96. The molecule has 0 aromatic carbocycles. The molecule has 1 aromatic rings. The lowest BCUT2D eigenvalue weighted by Crippen LogP contribution is -2.53. The summed E-state index contributed by atoms with van der Waals surface area (Å²) in [6.45, 7) is 5.17. The summed E-state index contributed by atoms with van der Waals surface area (Å²) in [4.78, 5) is 33.1. The molecule has 0 aliphatic carbocycles. The largest absolute Gasteiger partial charge is 0.364 e. The summed E-state index contributed by atoms with van der Waals surface area (Å²) in [6.07, 6.45) is 1.59. The molecule has 2 aliphatic rings. The molecule has 3 heterocycles. The number of imide groups is 1. The number of carbonyl (C=O) groups is 2. The van der Waals surface area contributed by atoms with E-state index in [0.29, 0.717) is 13.1 Å². The van der Waals surface area contributed by atoms with Gasteiger partial charge in [0.2, 0.25) is 5.91 Å². The Balaban J connectivity index is 1.41. The van der Waals surface area contributed by atoms with Crippen LogP contribution in [0.3, 0.4) is 0 Å². The van der Waals surface area contributed by atoms with Gasteiger partial charge in [-0.1, -0.05) is 5.16 Å². The van der Waals surface area contributed by atoms with Gasteiger partial charge in [0.25, 0.3) is 0 Å². The van der Waals surface area contributed by atoms with Gasteiger partial charge < -0.3 is 20.1 Å². The average Bonchev–Trinajstić information content (AvgIpc) is 3.24. The summed E-state index contributed by atoms with van der Waals surface area (Å²) >= 11 is 0. The molecule has 25 heavy (non-hydrogen) atoms. The monoisotopic (exact) mass is 349 g/mol. The number of guanidine groups is 1. The summed E-state index contributed by atoms with van der Waals surface area (Å²) in [5.41, 5.74) is 0.935. The van der Waals surface area contributed by atoms with E-state index in [2.05, 4.69) is 30.6 Å². The van der Waals surface area contributed by atoms with Crippen molar-refractivity contribution in [2.75, 3.05) is 52.9 Å². The second-order valence-electron chi connectivity index (χ2n) is 5.93. The normalized spacial score (nSPS) is 19.5. The summed E-state index contributed by atoms with van der Waals surface area (Å²) in [7, 11) is 1.73. The fraction of sp³-hybridized carbons (Fsp3) is 0.600. The summed E-state index contributed by atoms with van der Waals surface area (Å²) in [5, 5.41) is 9.67. The Morgan fingerprint density at radius 1 is 1.36 bits per heavy atom. The molecule has 10 heteroatoms. The molecule has 0 radical (unpaired) electrons. The van der Waals surface area contributed by atoms with Crippen LogP contribution in [-0.2, 0) is 11.3 Å². The van der Waals surface area contributed by atoms with Crippen molar-refractivity contribution in [3.63, 3.8) is 0 Å². The van der Waals surface area contributed by atoms with Crippen molar-refractivity contribution in [1.29, 1.82) is 0 Å². The second kappa shape index (κ2) is 7.97. The zero-order valence-corrected chi connectivity index (χ0v) is 14.3. The lowest BCUT2D eigenvalue weighted by Gasteiger charge is -2.36. The van der Waals surface area contributed by atoms with Gasteiger partial charge in [-0.2, -0.15) is 0 Å². The number of urea groups is 1. The van der Waals surface area contributed by atoms with Crippen molar-refractivity contribution >= 4 is 17.9 Å². The van der Waals surface area contributed by atoms with Crippen LogP contribution < -0.4 is 10.6 Å². The third-order valence-electron chi connectivity index (χ3n) is 4.32. The number of nitrogens with zero attached hydrogens (tertiary/aromatic N) is 5. The van der Waals surface area contributed by atoms with Gasteiger partial charge in [0.05, 0.1) is 12.2 Å². The van der Waals surface area contributed by atoms with Gasteiger partial charge in [-0.05, 0) is 0 Å². The summed E-state index contributed by atoms with van der Waals surface area (Å²) in [6, 6.07) is 1.55. The number of aliphatic imine (C=N–C) groups is 1. The van der Waals surface area contributed by atoms with Crippen LogP contribution in [0.2, 0.25) is 0 Å². The molecule has 1 aromatic heterocycles. The van der Waals surface area contributed by atoms with Crippen molar-refractivity contribution in [1.82, 2.24) is 30.5 Å². The highest BCUT2D eigenvalue weighted by molar-refractivity contribution is 6.01. The molecule has 2 fully saturated rings. The van der Waals surface area contributed by atoms with Gasteiger partial charge in [-0.25, -0.2) is 4.79 Å². The van der Waals surface area contributed by atoms with E-state index < -0.39 is 0 Å². The van der Waals surface area contributed by atoms with E-state index >= 15 is 0 Å². The van der Waals surface area contributed by atoms with Crippen LogP contribution in [0.25, 0.3) is 0 Å². The second-order valence-corrected chi connectivity index (χ2v) is 5.93. The quantitative estimate of drug-likeness (QED) is 0.396. The summed E-state index contributed by atoms with van der Waals surface area (Å²) in [5.74, 6) is 0.594. The number of piperazine rings is 1. The standard InChI is InChI=1S/C15H23N7O3/c1-16-14(17-3-4-22-13(23)10-18-15(22)24)21-7-5-20(6-8-21)11-12-2-9-25-19-12/h2,9H,3-8,10-11H2,1H3,(H,16,17)(H,18,24). The number of carbonyl (C=O) groups excluding carboxylic acids is 2. The summed E-state index contributed by atoms with van der Waals surface area (Å²) < 4.78 is 4.86. The van der Waals surface area contributed by atoms with E-state index in [-0.39, 0.29) is 18.5 Å². The van der Waals surface area contributed by atoms with E-state index in [1.54, 1.807) is 13.3 Å². The first-order valence-corrected chi connectivity index (χ1v) is 8.33. The van der Waals surface area contributed by atoms with Gasteiger partial charge in [0.15, 0.2) is 5.96 Å². The van der Waals surface area contributed by atoms with Crippen molar-refractivity contribution in [3.05, 3.63) is 18.0 Å². The number of amides is 3. The maximum absolute atomic E-state index is 11.6. The van der Waals surface area contributed by atoms with Crippen LogP contribution >= 0.6 is 0 Å². The SMILES string of the molecule is CN=C(NCCN1C(=O)CNC1=O)N1CCN(Cc2ccon2)CC1. The highest BCUT2D eigenvalue weighted by Crippen LogP contribution is 2.07. The fourth-order valence-corrected chi connectivity index (χ4v) is 2.96. The van der Waals surface area contributed by atoms with Crippen LogP contribution in [0, 0.1) is 0 Å². The Kier molecular flexibility index (Phi) is 5.49. The number of aromatic nitrogens is 1. The average molecular weight is 349 g/mol. The van der Waals surface area contributed by atoms with Crippen molar-refractivity contribution in [2.45, 2.75) is 6.54 Å². The maximum Gasteiger partial charge on any atom is 0.324 e. The first kappa shape index (κ1) is 17.2. The third kappa shape index (κ3) is 4.27. The zero-order valence-electron chi connectivity index (χ0n) is 14.3. The highest BCUT2D eigenvalue weighted by Gasteiger charge is 2.28. The maximum atomic E-state index is 11.6. The molecule has 0 unspecified atom stereocenters. The number of nitrogens with one attached hydrogen (secondary N) is 2. The molecule has 0 saturated carbocycles. The van der Waals surface area contributed by atoms with Crippen molar-refractivity contribution in [2.24, 2.45) is 4.99 Å². The minimum Gasteiger partial charge on any atom is -0.364 e. The lowest BCUT2D eigenvalue weighted by molar-refractivity contribution is -0.124. The Hall–Kier alpha value is -2.62. The van der Waals surface area contributed by atoms with Crippen LogP contribution in [-0.4, -0.2) is 90.6 Å². The van der Waals surface area contributed by atoms with Crippen LogP contribution in [0.5, 0.6) is 0 Å². The Morgan fingerprint density at radius 2 is 2.16 bits per heavy atom. The first-order chi connectivity index (χ1) is 12.2. The van der Waals surface area contributed by atoms with Gasteiger partial charge >= 0.3 is 6.03 Å². The third-order valence-corrected chi connectivity index (χ3v) is 4.32. The van der Waals surface area contributed by atoms with E-state index in [9.17, 15) is 9.59 Å².